The summed E-state index contributed by atoms with van der Waals surface area (Å²) < 4.78 is 48.9. The first kappa shape index (κ1) is 20.1. The SMILES string of the molecule is O=c1cc(N2CC3CCC(C2)O3)nc2n1CC[C@@H](C(F)(F)F)N2Cc1cnc(Cl)s1. The summed E-state index contributed by atoms with van der Waals surface area (Å²) in [5, 5.41) is 0. The van der Waals surface area contributed by atoms with E-state index in [0.717, 1.165) is 29.1 Å². The third-order valence-electron chi connectivity index (χ3n) is 5.83. The molecule has 0 aromatic carbocycles. The molecule has 0 spiro atoms. The van der Waals surface area contributed by atoms with E-state index in [-0.39, 0.29) is 47.7 Å². The Labute approximate surface area is 179 Å². The van der Waals surface area contributed by atoms with Crippen molar-refractivity contribution in [2.75, 3.05) is 22.9 Å². The molecule has 162 valence electrons. The van der Waals surface area contributed by atoms with Crippen molar-refractivity contribution in [1.29, 1.82) is 0 Å². The molecule has 0 amide bonds. The van der Waals surface area contributed by atoms with Crippen LogP contribution in [-0.4, -0.2) is 52.1 Å². The molecular weight excluding hydrogens is 443 g/mol. The molecule has 3 aliphatic rings. The van der Waals surface area contributed by atoms with Crippen LogP contribution in [0.1, 0.15) is 24.1 Å². The molecule has 3 aliphatic heterocycles. The second-order valence-electron chi connectivity index (χ2n) is 7.82. The van der Waals surface area contributed by atoms with Crippen LogP contribution >= 0.6 is 22.9 Å². The first-order valence-electron chi connectivity index (χ1n) is 9.74. The summed E-state index contributed by atoms with van der Waals surface area (Å²) in [4.78, 5) is 25.0. The fraction of sp³-hybridized carbons (Fsp3) is 0.611. The van der Waals surface area contributed by atoms with Gasteiger partial charge in [-0.1, -0.05) is 11.6 Å². The molecule has 0 saturated carbocycles. The summed E-state index contributed by atoms with van der Waals surface area (Å²) in [7, 11) is 0. The van der Waals surface area contributed by atoms with E-state index in [2.05, 4.69) is 9.97 Å². The van der Waals surface area contributed by atoms with Gasteiger partial charge < -0.3 is 14.5 Å². The molecule has 2 saturated heterocycles. The third-order valence-corrected chi connectivity index (χ3v) is 6.93. The second-order valence-corrected chi connectivity index (χ2v) is 9.52. The van der Waals surface area contributed by atoms with Gasteiger partial charge in [-0.3, -0.25) is 9.36 Å². The number of ether oxygens (including phenoxy) is 1. The predicted molar refractivity (Wildman–Crippen MR) is 106 cm³/mol. The maximum absolute atomic E-state index is 13.8. The summed E-state index contributed by atoms with van der Waals surface area (Å²) in [6, 6.07) is -0.314. The second kappa shape index (κ2) is 7.38. The highest BCUT2D eigenvalue weighted by atomic mass is 35.5. The van der Waals surface area contributed by atoms with Crippen LogP contribution < -0.4 is 15.4 Å². The van der Waals surface area contributed by atoms with E-state index in [1.165, 1.54) is 16.8 Å². The van der Waals surface area contributed by atoms with Crippen molar-refractivity contribution in [2.24, 2.45) is 0 Å². The number of alkyl halides is 3. The molecule has 2 fully saturated rings. The largest absolute Gasteiger partial charge is 0.408 e. The minimum absolute atomic E-state index is 0.0278. The Morgan fingerprint density at radius 3 is 2.60 bits per heavy atom. The standard InChI is InChI=1S/C18H19ClF3N5O2S/c19-16-23-6-12(30-16)9-27-13(18(20,21)22)3-4-26-15(28)5-14(24-17(26)27)25-7-10-1-2-11(8-25)29-10/h5-6,10-11,13H,1-4,7-9H2/t10?,11?,13-/m0/s1. The van der Waals surface area contributed by atoms with Gasteiger partial charge in [0.15, 0.2) is 4.47 Å². The Morgan fingerprint density at radius 1 is 1.23 bits per heavy atom. The molecule has 3 atom stereocenters. The smallest absolute Gasteiger partial charge is 0.371 e. The van der Waals surface area contributed by atoms with Crippen molar-refractivity contribution in [3.8, 4) is 0 Å². The molecule has 2 aromatic rings. The average molecular weight is 462 g/mol. The van der Waals surface area contributed by atoms with Crippen LogP contribution in [-0.2, 0) is 17.8 Å². The van der Waals surface area contributed by atoms with Gasteiger partial charge in [-0.05, 0) is 19.3 Å². The number of aromatic nitrogens is 3. The van der Waals surface area contributed by atoms with Crippen molar-refractivity contribution < 1.29 is 17.9 Å². The van der Waals surface area contributed by atoms with Crippen molar-refractivity contribution in [3.63, 3.8) is 0 Å². The van der Waals surface area contributed by atoms with Gasteiger partial charge in [-0.15, -0.1) is 11.3 Å². The lowest BCUT2D eigenvalue weighted by molar-refractivity contribution is -0.153. The minimum atomic E-state index is -4.45. The van der Waals surface area contributed by atoms with Crippen LogP contribution in [0.5, 0.6) is 0 Å². The fourth-order valence-electron chi connectivity index (χ4n) is 4.47. The zero-order valence-electron chi connectivity index (χ0n) is 15.8. The van der Waals surface area contributed by atoms with E-state index in [9.17, 15) is 18.0 Å². The van der Waals surface area contributed by atoms with Gasteiger partial charge >= 0.3 is 6.18 Å². The summed E-state index contributed by atoms with van der Waals surface area (Å²) >= 11 is 6.98. The molecule has 2 bridgehead atoms. The quantitative estimate of drug-likeness (QED) is 0.700. The summed E-state index contributed by atoms with van der Waals surface area (Å²) in [6.07, 6.45) is -1.18. The van der Waals surface area contributed by atoms with Gasteiger partial charge in [-0.25, -0.2) is 4.98 Å². The zero-order chi connectivity index (χ0) is 21.0. The van der Waals surface area contributed by atoms with Crippen molar-refractivity contribution in [2.45, 2.75) is 56.8 Å². The minimum Gasteiger partial charge on any atom is -0.371 e. The molecule has 0 aliphatic carbocycles. The van der Waals surface area contributed by atoms with Gasteiger partial charge in [0, 0.05) is 36.8 Å². The maximum atomic E-state index is 13.8. The number of hydrogen-bond acceptors (Lipinski definition) is 7. The Bertz CT molecular complexity index is 1000. The van der Waals surface area contributed by atoms with Gasteiger partial charge in [0.05, 0.1) is 18.8 Å². The van der Waals surface area contributed by atoms with Crippen LogP contribution in [0.3, 0.4) is 0 Å². The number of nitrogens with zero attached hydrogens (tertiary/aromatic N) is 5. The predicted octanol–water partition coefficient (Wildman–Crippen LogP) is 3.06. The number of halogens is 4. The lowest BCUT2D eigenvalue weighted by Crippen LogP contribution is -2.52. The number of hydrogen-bond donors (Lipinski definition) is 0. The van der Waals surface area contributed by atoms with Crippen LogP contribution in [0.15, 0.2) is 17.1 Å². The molecule has 2 unspecified atom stereocenters. The number of rotatable bonds is 3. The van der Waals surface area contributed by atoms with Crippen LogP contribution in [0.25, 0.3) is 0 Å². The number of thiazole rings is 1. The first-order valence-corrected chi connectivity index (χ1v) is 10.9. The normalized spacial score (nSPS) is 26.2. The Morgan fingerprint density at radius 2 is 1.97 bits per heavy atom. The molecule has 30 heavy (non-hydrogen) atoms. The Balaban J connectivity index is 1.55. The molecule has 0 radical (unpaired) electrons. The maximum Gasteiger partial charge on any atom is 0.408 e. The Hall–Kier alpha value is -1.85. The molecule has 7 nitrogen and oxygen atoms in total. The van der Waals surface area contributed by atoms with E-state index in [1.807, 2.05) is 4.90 Å². The van der Waals surface area contributed by atoms with E-state index >= 15 is 0 Å². The monoisotopic (exact) mass is 461 g/mol. The zero-order valence-corrected chi connectivity index (χ0v) is 17.4. The van der Waals surface area contributed by atoms with E-state index in [0.29, 0.717) is 23.8 Å². The highest BCUT2D eigenvalue weighted by Crippen LogP contribution is 2.37. The topological polar surface area (TPSA) is 63.5 Å². The average Bonchev–Trinajstić information content (AvgIpc) is 3.25. The lowest BCUT2D eigenvalue weighted by atomic mass is 10.1. The highest BCUT2D eigenvalue weighted by Gasteiger charge is 2.47. The van der Waals surface area contributed by atoms with Crippen molar-refractivity contribution in [3.05, 3.63) is 32.0 Å². The van der Waals surface area contributed by atoms with Crippen molar-refractivity contribution >= 4 is 34.7 Å². The van der Waals surface area contributed by atoms with E-state index < -0.39 is 12.2 Å². The molecule has 0 N–H and O–H groups in total. The molecule has 5 rings (SSSR count). The van der Waals surface area contributed by atoms with Crippen LogP contribution in [0, 0.1) is 0 Å². The number of morpholine rings is 1. The lowest BCUT2D eigenvalue weighted by Gasteiger charge is -2.39. The summed E-state index contributed by atoms with van der Waals surface area (Å²) in [6.45, 7) is 1.07. The van der Waals surface area contributed by atoms with Crippen molar-refractivity contribution in [1.82, 2.24) is 14.5 Å². The highest BCUT2D eigenvalue weighted by molar-refractivity contribution is 7.15. The third kappa shape index (κ3) is 3.67. The number of fused-ring (bicyclic) bond motifs is 3. The first-order chi connectivity index (χ1) is 14.3. The Kier molecular flexibility index (Phi) is 4.94. The number of anilines is 2. The summed E-state index contributed by atoms with van der Waals surface area (Å²) in [5.41, 5.74) is -0.346. The van der Waals surface area contributed by atoms with E-state index in [4.69, 9.17) is 16.3 Å². The van der Waals surface area contributed by atoms with E-state index in [1.54, 1.807) is 0 Å². The van der Waals surface area contributed by atoms with Gasteiger partial charge in [-0.2, -0.15) is 18.2 Å². The summed E-state index contributed by atoms with van der Waals surface area (Å²) in [5.74, 6) is 0.441. The molecular formula is C18H19ClF3N5O2S. The molecule has 5 heterocycles. The van der Waals surface area contributed by atoms with Gasteiger partial charge in [0.2, 0.25) is 5.95 Å². The van der Waals surface area contributed by atoms with Gasteiger partial charge in [0.25, 0.3) is 5.56 Å². The van der Waals surface area contributed by atoms with Crippen LogP contribution in [0.2, 0.25) is 4.47 Å². The molecule has 2 aromatic heterocycles. The fourth-order valence-corrected chi connectivity index (χ4v) is 5.44. The van der Waals surface area contributed by atoms with Gasteiger partial charge in [0.1, 0.15) is 11.9 Å². The molecule has 12 heteroatoms. The van der Waals surface area contributed by atoms with Crippen LogP contribution in [0.4, 0.5) is 24.9 Å².